The number of carbonyl (C=O) groups excluding carboxylic acids is 3. The maximum atomic E-state index is 12.7. The number of aryl methyl sites for hydroxylation is 1. The second-order valence-corrected chi connectivity index (χ2v) is 6.60. The van der Waals surface area contributed by atoms with Gasteiger partial charge < -0.3 is 10.1 Å². The van der Waals surface area contributed by atoms with Crippen LogP contribution in [0.3, 0.4) is 0 Å². The quantitative estimate of drug-likeness (QED) is 0.897. The summed E-state index contributed by atoms with van der Waals surface area (Å²) in [6.45, 7) is 3.92. The number of nitrogens with zero attached hydrogens (tertiary/aromatic N) is 1. The van der Waals surface area contributed by atoms with Crippen molar-refractivity contribution >= 4 is 23.6 Å². The molecule has 1 atom stereocenters. The van der Waals surface area contributed by atoms with Gasteiger partial charge in [-0.2, -0.15) is 0 Å². The van der Waals surface area contributed by atoms with Crippen molar-refractivity contribution in [2.45, 2.75) is 39.3 Å². The van der Waals surface area contributed by atoms with Crippen LogP contribution in [0.25, 0.3) is 0 Å². The molecule has 0 spiro atoms. The van der Waals surface area contributed by atoms with Gasteiger partial charge in [0.15, 0.2) is 0 Å². The van der Waals surface area contributed by atoms with Crippen LogP contribution in [0, 0.1) is 13.8 Å². The number of amides is 3. The number of nitrogens with one attached hydrogen (secondary N) is 1. The Morgan fingerprint density at radius 2 is 1.85 bits per heavy atom. The van der Waals surface area contributed by atoms with E-state index in [-0.39, 0.29) is 25.4 Å². The SMILES string of the molecule is Cc1cccc(NC(=O)[C@@H]2CCC(=O)N2C(=O)OCc2ccccc2)c1C. The molecule has 1 fully saturated rings. The van der Waals surface area contributed by atoms with Crippen molar-refractivity contribution in [3.63, 3.8) is 0 Å². The van der Waals surface area contributed by atoms with Crippen LogP contribution in [-0.2, 0) is 20.9 Å². The number of anilines is 1. The first-order valence-corrected chi connectivity index (χ1v) is 8.87. The third kappa shape index (κ3) is 4.16. The highest BCUT2D eigenvalue weighted by Crippen LogP contribution is 2.24. The maximum absolute atomic E-state index is 12.7. The standard InChI is InChI=1S/C21H22N2O4/c1-14-7-6-10-17(15(14)2)22-20(25)18-11-12-19(24)23(18)21(26)27-13-16-8-4-3-5-9-16/h3-10,18H,11-13H2,1-2H3,(H,22,25)/t18-/m0/s1. The van der Waals surface area contributed by atoms with Crippen molar-refractivity contribution in [1.29, 1.82) is 0 Å². The van der Waals surface area contributed by atoms with Crippen LogP contribution in [0.2, 0.25) is 0 Å². The lowest BCUT2D eigenvalue weighted by atomic mass is 10.1. The molecule has 3 rings (SSSR count). The van der Waals surface area contributed by atoms with Gasteiger partial charge in [0.1, 0.15) is 12.6 Å². The molecule has 6 heteroatoms. The lowest BCUT2D eigenvalue weighted by Gasteiger charge is -2.22. The number of imide groups is 1. The molecule has 0 radical (unpaired) electrons. The van der Waals surface area contributed by atoms with Crippen molar-refractivity contribution in [3.8, 4) is 0 Å². The van der Waals surface area contributed by atoms with Gasteiger partial charge >= 0.3 is 6.09 Å². The molecule has 0 saturated carbocycles. The minimum atomic E-state index is -0.860. The first kappa shape index (κ1) is 18.6. The molecule has 0 bridgehead atoms. The van der Waals surface area contributed by atoms with E-state index < -0.39 is 18.0 Å². The Morgan fingerprint density at radius 3 is 2.59 bits per heavy atom. The summed E-state index contributed by atoms with van der Waals surface area (Å²) in [5.41, 5.74) is 3.49. The predicted octanol–water partition coefficient (Wildman–Crippen LogP) is 3.57. The Bertz CT molecular complexity index is 864. The average molecular weight is 366 g/mol. The summed E-state index contributed by atoms with van der Waals surface area (Å²) in [7, 11) is 0. The van der Waals surface area contributed by atoms with E-state index in [2.05, 4.69) is 5.32 Å². The summed E-state index contributed by atoms with van der Waals surface area (Å²) in [4.78, 5) is 38.2. The molecule has 0 unspecified atom stereocenters. The fourth-order valence-electron chi connectivity index (χ4n) is 3.05. The first-order chi connectivity index (χ1) is 13.0. The van der Waals surface area contributed by atoms with Crippen LogP contribution in [0.4, 0.5) is 10.5 Å². The monoisotopic (exact) mass is 366 g/mol. The van der Waals surface area contributed by atoms with Crippen LogP contribution in [0.5, 0.6) is 0 Å². The number of ether oxygens (including phenoxy) is 1. The van der Waals surface area contributed by atoms with Gasteiger partial charge in [-0.05, 0) is 43.0 Å². The second kappa shape index (κ2) is 8.03. The smallest absolute Gasteiger partial charge is 0.417 e. The molecule has 2 aromatic carbocycles. The van der Waals surface area contributed by atoms with Crippen LogP contribution < -0.4 is 5.32 Å². The Morgan fingerprint density at radius 1 is 1.11 bits per heavy atom. The first-order valence-electron chi connectivity index (χ1n) is 8.87. The van der Waals surface area contributed by atoms with E-state index >= 15 is 0 Å². The van der Waals surface area contributed by atoms with Crippen molar-refractivity contribution in [2.24, 2.45) is 0 Å². The van der Waals surface area contributed by atoms with E-state index in [4.69, 9.17) is 4.74 Å². The minimum Gasteiger partial charge on any atom is -0.444 e. The van der Waals surface area contributed by atoms with Crippen LogP contribution >= 0.6 is 0 Å². The van der Waals surface area contributed by atoms with Gasteiger partial charge in [-0.1, -0.05) is 42.5 Å². The Balaban J connectivity index is 1.68. The number of carbonyl (C=O) groups is 3. The molecular weight excluding hydrogens is 344 g/mol. The van der Waals surface area contributed by atoms with Crippen LogP contribution in [0.1, 0.15) is 29.5 Å². The summed E-state index contributed by atoms with van der Waals surface area (Å²) in [6.07, 6.45) is -0.358. The Labute approximate surface area is 158 Å². The molecule has 27 heavy (non-hydrogen) atoms. The summed E-state index contributed by atoms with van der Waals surface area (Å²) in [5, 5.41) is 2.83. The van der Waals surface area contributed by atoms with Gasteiger partial charge in [0, 0.05) is 12.1 Å². The van der Waals surface area contributed by atoms with Crippen LogP contribution in [0.15, 0.2) is 48.5 Å². The second-order valence-electron chi connectivity index (χ2n) is 6.60. The summed E-state index contributed by atoms with van der Waals surface area (Å²) >= 11 is 0. The lowest BCUT2D eigenvalue weighted by Crippen LogP contribution is -2.45. The molecular formula is C21H22N2O4. The van der Waals surface area contributed by atoms with Crippen LogP contribution in [-0.4, -0.2) is 28.8 Å². The van der Waals surface area contributed by atoms with Gasteiger partial charge in [0.25, 0.3) is 0 Å². The zero-order valence-corrected chi connectivity index (χ0v) is 15.4. The number of hydrogen-bond acceptors (Lipinski definition) is 4. The number of hydrogen-bond donors (Lipinski definition) is 1. The molecule has 1 heterocycles. The molecule has 3 amide bonds. The normalized spacial score (nSPS) is 16.3. The van der Waals surface area contributed by atoms with E-state index in [1.807, 2.05) is 56.3 Å². The largest absolute Gasteiger partial charge is 0.444 e. The maximum Gasteiger partial charge on any atom is 0.417 e. The summed E-state index contributed by atoms with van der Waals surface area (Å²) in [5.74, 6) is -0.777. The summed E-state index contributed by atoms with van der Waals surface area (Å²) < 4.78 is 5.24. The molecule has 6 nitrogen and oxygen atoms in total. The fraction of sp³-hybridized carbons (Fsp3) is 0.286. The zero-order chi connectivity index (χ0) is 19.4. The predicted molar refractivity (Wildman–Crippen MR) is 101 cm³/mol. The molecule has 140 valence electrons. The van der Waals surface area contributed by atoms with E-state index in [0.29, 0.717) is 5.69 Å². The highest BCUT2D eigenvalue weighted by atomic mass is 16.6. The topological polar surface area (TPSA) is 75.7 Å². The average Bonchev–Trinajstić information content (AvgIpc) is 3.06. The molecule has 1 aliphatic heterocycles. The molecule has 1 aliphatic rings. The van der Waals surface area contributed by atoms with Gasteiger partial charge in [-0.3, -0.25) is 9.59 Å². The van der Waals surface area contributed by atoms with E-state index in [1.54, 1.807) is 6.07 Å². The van der Waals surface area contributed by atoms with Gasteiger partial charge in [0.2, 0.25) is 11.8 Å². The molecule has 0 aromatic heterocycles. The van der Waals surface area contributed by atoms with Crippen molar-refractivity contribution < 1.29 is 19.1 Å². The highest BCUT2D eigenvalue weighted by Gasteiger charge is 2.41. The van der Waals surface area contributed by atoms with Gasteiger partial charge in [0.05, 0.1) is 0 Å². The molecule has 1 N–H and O–H groups in total. The van der Waals surface area contributed by atoms with Crippen molar-refractivity contribution in [3.05, 3.63) is 65.2 Å². The Kier molecular flexibility index (Phi) is 5.54. The Hall–Kier alpha value is -3.15. The minimum absolute atomic E-state index is 0.0504. The highest BCUT2D eigenvalue weighted by molar-refractivity contribution is 6.05. The fourth-order valence-corrected chi connectivity index (χ4v) is 3.05. The van der Waals surface area contributed by atoms with Gasteiger partial charge in [-0.15, -0.1) is 0 Å². The third-order valence-electron chi connectivity index (χ3n) is 4.78. The molecule has 2 aromatic rings. The van der Waals surface area contributed by atoms with E-state index in [1.165, 1.54) is 0 Å². The van der Waals surface area contributed by atoms with Crippen molar-refractivity contribution in [2.75, 3.05) is 5.32 Å². The number of benzene rings is 2. The molecule has 0 aliphatic carbocycles. The third-order valence-corrected chi connectivity index (χ3v) is 4.78. The van der Waals surface area contributed by atoms with Gasteiger partial charge in [-0.25, -0.2) is 9.69 Å². The summed E-state index contributed by atoms with van der Waals surface area (Å²) in [6, 6.07) is 13.9. The lowest BCUT2D eigenvalue weighted by molar-refractivity contribution is -0.131. The number of likely N-dealkylation sites (tertiary alicyclic amines) is 1. The zero-order valence-electron chi connectivity index (χ0n) is 15.4. The van der Waals surface area contributed by atoms with E-state index in [0.717, 1.165) is 21.6 Å². The molecule has 1 saturated heterocycles. The van der Waals surface area contributed by atoms with E-state index in [9.17, 15) is 14.4 Å². The number of rotatable bonds is 4. The van der Waals surface area contributed by atoms with Crippen molar-refractivity contribution in [1.82, 2.24) is 4.90 Å².